The van der Waals surface area contributed by atoms with Crippen LogP contribution in [0.3, 0.4) is 0 Å². The highest BCUT2D eigenvalue weighted by atomic mass is 16.5. The van der Waals surface area contributed by atoms with Gasteiger partial charge >= 0.3 is 0 Å². The molecule has 1 aromatic rings. The van der Waals surface area contributed by atoms with Gasteiger partial charge < -0.3 is 14.6 Å². The molecular weight excluding hydrogens is 290 g/mol. The minimum absolute atomic E-state index is 0.0299. The summed E-state index contributed by atoms with van der Waals surface area (Å²) in [4.78, 5) is -0.0299. The lowest BCUT2D eigenvalue weighted by Gasteiger charge is -2.46. The number of piperidine rings is 1. The second-order valence-electron chi connectivity index (χ2n) is 4.95. The van der Waals surface area contributed by atoms with Crippen molar-refractivity contribution in [3.8, 4) is 11.5 Å². The third-order valence-corrected chi connectivity index (χ3v) is 3.54. The lowest BCUT2D eigenvalue weighted by atomic mass is 9.79. The van der Waals surface area contributed by atoms with Crippen LogP contribution in [0.2, 0.25) is 0 Å². The Morgan fingerprint density at radius 2 is 2.26 bits per heavy atom. The maximum absolute atomic E-state index is 11.2. The van der Waals surface area contributed by atoms with E-state index in [0.29, 0.717) is 0 Å². The van der Waals surface area contributed by atoms with Gasteiger partial charge in [0.25, 0.3) is 0 Å². The van der Waals surface area contributed by atoms with Crippen molar-refractivity contribution in [2.45, 2.75) is 45.0 Å². The van der Waals surface area contributed by atoms with Crippen LogP contribution >= 0.6 is 0 Å². The molecule has 3 atom stereocenters. The molecule has 1 aromatic carbocycles. The van der Waals surface area contributed by atoms with Crippen molar-refractivity contribution in [1.82, 2.24) is 4.90 Å². The van der Waals surface area contributed by atoms with Gasteiger partial charge in [0.15, 0.2) is 11.5 Å². The number of hydrogen-bond acceptors (Lipinski definition) is 4. The number of methoxy groups -OCH3 is 2. The van der Waals surface area contributed by atoms with Gasteiger partial charge in [-0.25, -0.2) is 0 Å². The molecule has 0 aromatic heterocycles. The number of aliphatic hydroxyl groups excluding tert-OH is 1. The van der Waals surface area contributed by atoms with Crippen LogP contribution in [-0.4, -0.2) is 43.2 Å². The Kier molecular flexibility index (Phi) is 1.25. The molecule has 1 N–H and O–H groups in total. The lowest BCUT2D eigenvalue weighted by molar-refractivity contribution is -0.0191. The van der Waals surface area contributed by atoms with Gasteiger partial charge in [-0.1, -0.05) is 13.7 Å². The van der Waals surface area contributed by atoms with Crippen molar-refractivity contribution in [3.63, 3.8) is 0 Å². The van der Waals surface area contributed by atoms with Crippen molar-refractivity contribution in [3.05, 3.63) is 23.2 Å². The number of benzene rings is 1. The van der Waals surface area contributed by atoms with E-state index in [9.17, 15) is 5.11 Å². The predicted molar refractivity (Wildman–Crippen MR) is 91.1 cm³/mol. The third-order valence-electron chi connectivity index (χ3n) is 3.54. The van der Waals surface area contributed by atoms with Crippen LogP contribution in [0.4, 0.5) is 0 Å². The number of aliphatic hydroxyl groups is 1. The van der Waals surface area contributed by atoms with E-state index in [-0.39, 0.29) is 4.90 Å². The zero-order valence-electron chi connectivity index (χ0n) is 34.7. The van der Waals surface area contributed by atoms with Gasteiger partial charge in [0.1, 0.15) is 0 Å². The molecule has 2 heterocycles. The fourth-order valence-corrected chi connectivity index (χ4v) is 2.52. The molecule has 0 spiro atoms. The van der Waals surface area contributed by atoms with E-state index in [1.54, 1.807) is 0 Å². The van der Waals surface area contributed by atoms with E-state index < -0.39 is 119 Å². The first-order chi connectivity index (χ1) is 20.0. The van der Waals surface area contributed by atoms with Crippen LogP contribution in [0.15, 0.2) is 12.1 Å². The van der Waals surface area contributed by atoms with Gasteiger partial charge in [-0.3, -0.25) is 4.90 Å². The standard InChI is InChI=1S/C19H29NO3/c1-12(2)7-14-11-20-6-5-13-8-18(22-3)19(23-4)9-15(13)16(20)10-17(14)21/h8-9,12,14,16-17,21H,5-7,10-11H2,1-4H3/i1D3,2D3,3D3,4D3,5D2,6D2,7D2,8D,9D,11D2,12D. The monoisotopic (exact) mass is 342 g/mol. The van der Waals surface area contributed by atoms with E-state index in [1.165, 1.54) is 0 Å². The number of ether oxygens (including phenoxy) is 2. The summed E-state index contributed by atoms with van der Waals surface area (Å²) in [5, 5.41) is 11.2. The number of nitrogens with zero attached hydrogens (tertiary/aromatic N) is 1. The average Bonchev–Trinajstić information content (AvgIpc) is 2.77. The number of rotatable bonds is 4. The van der Waals surface area contributed by atoms with Crippen molar-refractivity contribution in [2.24, 2.45) is 11.8 Å². The molecule has 1 saturated heterocycles. The first-order valence-corrected chi connectivity index (χ1v) is 6.55. The minimum Gasteiger partial charge on any atom is -0.493 e. The summed E-state index contributed by atoms with van der Waals surface area (Å²) >= 11 is 0. The summed E-state index contributed by atoms with van der Waals surface area (Å²) in [6.45, 7) is -15.5. The molecule has 4 nitrogen and oxygen atoms in total. The van der Waals surface area contributed by atoms with Gasteiger partial charge in [0.05, 0.1) is 31.1 Å². The molecule has 4 heteroatoms. The Bertz CT molecular complexity index is 1340. The van der Waals surface area contributed by atoms with E-state index in [4.69, 9.17) is 41.0 Å². The Balaban J connectivity index is 2.46. The zero-order chi connectivity index (χ0) is 36.4. The summed E-state index contributed by atoms with van der Waals surface area (Å²) < 4.78 is 195. The molecule has 2 aliphatic rings. The fraction of sp³-hybridized carbons (Fsp3) is 0.684. The first-order valence-electron chi connectivity index (χ1n) is 18.0. The van der Waals surface area contributed by atoms with Crippen molar-refractivity contribution in [1.29, 1.82) is 0 Å². The van der Waals surface area contributed by atoms with Crippen molar-refractivity contribution < 1.29 is 46.1 Å². The van der Waals surface area contributed by atoms with E-state index in [1.807, 2.05) is 0 Å². The second kappa shape index (κ2) is 6.70. The molecule has 0 aliphatic carbocycles. The summed E-state index contributed by atoms with van der Waals surface area (Å²) in [6.07, 6.45) is -11.3. The van der Waals surface area contributed by atoms with Crippen LogP contribution in [0.1, 0.15) is 75.2 Å². The molecule has 23 heavy (non-hydrogen) atoms. The number of fused-ring (bicyclic) bond motifs is 3. The molecular formula is C19H29NO3. The Hall–Kier alpha value is -1.26. The normalized spacial score (nSPS) is 52.0. The van der Waals surface area contributed by atoms with Crippen LogP contribution in [0.5, 0.6) is 11.5 Å². The molecule has 2 aliphatic heterocycles. The van der Waals surface area contributed by atoms with Crippen molar-refractivity contribution >= 4 is 0 Å². The molecule has 0 radical (unpaired) electrons. The summed E-state index contributed by atoms with van der Waals surface area (Å²) in [5.74, 6) is -9.59. The zero-order valence-corrected chi connectivity index (χ0v) is 11.7. The minimum atomic E-state index is -4.14. The molecule has 3 unspecified atom stereocenters. The summed E-state index contributed by atoms with van der Waals surface area (Å²) in [5.41, 5.74) is -2.00. The lowest BCUT2D eigenvalue weighted by Crippen LogP contribution is -2.48. The maximum atomic E-state index is 11.2. The SMILES string of the molecule is [2H]c1c(OC([2H])([2H])[2H])c(OC([2H])([2H])[2H])c([2H])c2c1C1CC(O)C(C([2H])([2H])C([2H])(C([2H])([2H])[2H])C([2H])([2H])[2H])C([2H])([2H])N1C([2H])([2H])C2([2H])[2H]. The number of hydrogen-bond donors (Lipinski definition) is 1. The van der Waals surface area contributed by atoms with E-state index >= 15 is 0 Å². The smallest absolute Gasteiger partial charge is 0.161 e. The predicted octanol–water partition coefficient (Wildman–Crippen LogP) is 3.03. The summed E-state index contributed by atoms with van der Waals surface area (Å²) in [6, 6.07) is -4.62. The molecule has 1 fully saturated rings. The third kappa shape index (κ3) is 3.20. The first kappa shape index (κ1) is 4.28. The largest absolute Gasteiger partial charge is 0.493 e. The second-order valence-corrected chi connectivity index (χ2v) is 4.95. The van der Waals surface area contributed by atoms with E-state index in [2.05, 4.69) is 0 Å². The Labute approximate surface area is 171 Å². The highest BCUT2D eigenvalue weighted by Crippen LogP contribution is 2.43. The molecule has 3 rings (SSSR count). The van der Waals surface area contributed by atoms with Crippen molar-refractivity contribution in [2.75, 3.05) is 27.1 Å². The highest BCUT2D eigenvalue weighted by Gasteiger charge is 2.38. The quantitative estimate of drug-likeness (QED) is 0.913. The molecule has 128 valence electrons. The molecule has 0 saturated carbocycles. The van der Waals surface area contributed by atoms with Crippen LogP contribution in [0.25, 0.3) is 0 Å². The van der Waals surface area contributed by atoms with E-state index in [0.717, 1.165) is 0 Å². The Morgan fingerprint density at radius 1 is 1.48 bits per heavy atom. The Morgan fingerprint density at radius 3 is 3.00 bits per heavy atom. The van der Waals surface area contributed by atoms with Crippen LogP contribution in [-0.2, 0) is 6.37 Å². The maximum Gasteiger partial charge on any atom is 0.161 e. The molecule has 0 amide bonds. The topological polar surface area (TPSA) is 41.9 Å². The van der Waals surface area contributed by atoms with Crippen LogP contribution in [0, 0.1) is 11.8 Å². The highest BCUT2D eigenvalue weighted by molar-refractivity contribution is 5.49. The van der Waals surface area contributed by atoms with Gasteiger partial charge in [-0.15, -0.1) is 0 Å². The van der Waals surface area contributed by atoms with Gasteiger partial charge in [0, 0.05) is 39.6 Å². The average molecular weight is 343 g/mol. The van der Waals surface area contributed by atoms with Gasteiger partial charge in [-0.2, -0.15) is 0 Å². The van der Waals surface area contributed by atoms with Gasteiger partial charge in [-0.05, 0) is 54.2 Å². The summed E-state index contributed by atoms with van der Waals surface area (Å²) in [7, 11) is -6.89. The van der Waals surface area contributed by atoms with Gasteiger partial charge in [0.2, 0.25) is 0 Å². The molecule has 0 bridgehead atoms. The fourth-order valence-electron chi connectivity index (χ4n) is 2.52. The van der Waals surface area contributed by atoms with Crippen LogP contribution < -0.4 is 9.47 Å².